The maximum atomic E-state index is 13.5. The van der Waals surface area contributed by atoms with Gasteiger partial charge in [-0.3, -0.25) is 19.7 Å². The number of benzene rings is 2. The zero-order valence-electron chi connectivity index (χ0n) is 14.4. The molecular formula is C18H15ClFN3O5. The average Bonchev–Trinajstić information content (AvgIpc) is 2.61. The average molecular weight is 408 g/mol. The number of halogens is 2. The van der Waals surface area contributed by atoms with Crippen molar-refractivity contribution in [1.82, 2.24) is 4.90 Å². The zero-order chi connectivity index (χ0) is 20.3. The van der Waals surface area contributed by atoms with E-state index in [4.69, 9.17) is 16.3 Å². The summed E-state index contributed by atoms with van der Waals surface area (Å²) >= 11 is 5.73. The lowest BCUT2D eigenvalue weighted by Gasteiger charge is -2.38. The van der Waals surface area contributed by atoms with E-state index in [2.05, 4.69) is 5.32 Å². The molecule has 0 bridgehead atoms. The first-order chi connectivity index (χ1) is 13.3. The minimum atomic E-state index is -0.642. The molecule has 3 rings (SSSR count). The molecule has 1 aliphatic heterocycles. The molecule has 0 saturated carbocycles. The third-order valence-electron chi connectivity index (χ3n) is 4.20. The summed E-state index contributed by atoms with van der Waals surface area (Å²) in [5.74, 6) is -1.76. The van der Waals surface area contributed by atoms with Crippen molar-refractivity contribution in [2.75, 3.05) is 25.0 Å². The first-order valence-corrected chi connectivity index (χ1v) is 8.63. The molecular weight excluding hydrogens is 393 g/mol. The monoisotopic (exact) mass is 407 g/mol. The van der Waals surface area contributed by atoms with Crippen LogP contribution in [0.4, 0.5) is 15.8 Å². The van der Waals surface area contributed by atoms with E-state index in [0.29, 0.717) is 0 Å². The lowest BCUT2D eigenvalue weighted by Crippen LogP contribution is -2.55. The Morgan fingerprint density at radius 1 is 1.29 bits per heavy atom. The second-order valence-electron chi connectivity index (χ2n) is 6.13. The van der Waals surface area contributed by atoms with Gasteiger partial charge in [-0.15, -0.1) is 0 Å². The Hall–Kier alpha value is -3.20. The molecule has 0 aromatic heterocycles. The fourth-order valence-electron chi connectivity index (χ4n) is 2.62. The normalized spacial score (nSPS) is 13.6. The summed E-state index contributed by atoms with van der Waals surface area (Å²) in [6.07, 6.45) is 0. The highest BCUT2D eigenvalue weighted by atomic mass is 35.5. The number of carbonyl (C=O) groups excluding carboxylic acids is 2. The van der Waals surface area contributed by atoms with Gasteiger partial charge in [-0.1, -0.05) is 23.7 Å². The topological polar surface area (TPSA) is 102 Å². The number of hydrogen-bond acceptors (Lipinski definition) is 5. The molecule has 0 radical (unpaired) electrons. The van der Waals surface area contributed by atoms with Crippen LogP contribution >= 0.6 is 11.6 Å². The minimum Gasteiger partial charge on any atom is -0.481 e. The van der Waals surface area contributed by atoms with Gasteiger partial charge in [-0.2, -0.15) is 0 Å². The fraction of sp³-hybridized carbons (Fsp3) is 0.222. The Balaban J connectivity index is 1.48. The van der Waals surface area contributed by atoms with Gasteiger partial charge in [0.25, 0.3) is 11.6 Å². The predicted molar refractivity (Wildman–Crippen MR) is 98.7 cm³/mol. The van der Waals surface area contributed by atoms with Gasteiger partial charge < -0.3 is 15.0 Å². The number of likely N-dealkylation sites (tertiary alicyclic amines) is 1. The van der Waals surface area contributed by atoms with E-state index in [1.165, 1.54) is 41.3 Å². The number of amides is 2. The van der Waals surface area contributed by atoms with E-state index in [9.17, 15) is 24.1 Å². The van der Waals surface area contributed by atoms with Crippen molar-refractivity contribution < 1.29 is 23.6 Å². The highest BCUT2D eigenvalue weighted by Gasteiger charge is 2.36. The van der Waals surface area contributed by atoms with E-state index < -0.39 is 16.7 Å². The quantitative estimate of drug-likeness (QED) is 0.586. The molecule has 2 aromatic rings. The van der Waals surface area contributed by atoms with E-state index in [1.807, 2.05) is 0 Å². The highest BCUT2D eigenvalue weighted by molar-refractivity contribution is 6.32. The summed E-state index contributed by atoms with van der Waals surface area (Å²) in [5, 5.41) is 13.4. The third kappa shape index (κ3) is 4.37. The number of nitrogens with one attached hydrogen (secondary N) is 1. The van der Waals surface area contributed by atoms with Gasteiger partial charge in [0.05, 0.1) is 10.8 Å². The lowest BCUT2D eigenvalue weighted by atomic mass is 9.99. The summed E-state index contributed by atoms with van der Waals surface area (Å²) < 4.78 is 18.6. The van der Waals surface area contributed by atoms with E-state index in [-0.39, 0.29) is 53.7 Å². The molecule has 1 aliphatic rings. The second kappa shape index (κ2) is 8.22. The first-order valence-electron chi connectivity index (χ1n) is 8.25. The lowest BCUT2D eigenvalue weighted by molar-refractivity contribution is -0.384. The Kier molecular flexibility index (Phi) is 5.74. The van der Waals surface area contributed by atoms with Gasteiger partial charge in [-0.05, 0) is 24.3 Å². The Morgan fingerprint density at radius 2 is 2.00 bits per heavy atom. The minimum absolute atomic E-state index is 0.0185. The molecule has 146 valence electrons. The van der Waals surface area contributed by atoms with Crippen molar-refractivity contribution in [3.05, 3.63) is 63.4 Å². The van der Waals surface area contributed by atoms with Crippen LogP contribution in [0.25, 0.3) is 0 Å². The van der Waals surface area contributed by atoms with Crippen molar-refractivity contribution >= 4 is 34.8 Å². The number of para-hydroxylation sites is 1. The van der Waals surface area contributed by atoms with Crippen molar-refractivity contribution in [3.8, 4) is 5.75 Å². The number of hydrogen-bond donors (Lipinski definition) is 1. The van der Waals surface area contributed by atoms with E-state index >= 15 is 0 Å². The molecule has 0 aliphatic carbocycles. The number of nitrogens with zero attached hydrogens (tertiary/aromatic N) is 2. The SMILES string of the molecule is O=C(Nc1ccc(Cl)c([N+](=O)[O-])c1)C1CN(C(=O)COc2ccccc2F)C1. The maximum Gasteiger partial charge on any atom is 0.289 e. The van der Waals surface area contributed by atoms with Crippen LogP contribution in [0.2, 0.25) is 5.02 Å². The smallest absolute Gasteiger partial charge is 0.289 e. The molecule has 2 amide bonds. The Morgan fingerprint density at radius 3 is 2.68 bits per heavy atom. The Labute approximate surface area is 164 Å². The van der Waals surface area contributed by atoms with E-state index in [0.717, 1.165) is 0 Å². The summed E-state index contributed by atoms with van der Waals surface area (Å²) in [6, 6.07) is 9.70. The number of rotatable bonds is 6. The molecule has 1 N–H and O–H groups in total. The summed E-state index contributed by atoms with van der Waals surface area (Å²) in [5.41, 5.74) is -0.0658. The first kappa shape index (κ1) is 19.6. The number of nitro benzene ring substituents is 1. The molecule has 1 heterocycles. The van der Waals surface area contributed by atoms with E-state index in [1.54, 1.807) is 6.07 Å². The molecule has 1 fully saturated rings. The highest BCUT2D eigenvalue weighted by Crippen LogP contribution is 2.28. The summed E-state index contributed by atoms with van der Waals surface area (Å²) in [6.45, 7) is 0.0284. The number of nitro groups is 1. The molecule has 0 spiro atoms. The largest absolute Gasteiger partial charge is 0.481 e. The van der Waals surface area contributed by atoms with Gasteiger partial charge in [0, 0.05) is 24.8 Å². The van der Waals surface area contributed by atoms with Crippen LogP contribution in [0.1, 0.15) is 0 Å². The molecule has 0 atom stereocenters. The fourth-order valence-corrected chi connectivity index (χ4v) is 2.80. The van der Waals surface area contributed by atoms with Gasteiger partial charge >= 0.3 is 0 Å². The van der Waals surface area contributed by atoms with Crippen molar-refractivity contribution in [3.63, 3.8) is 0 Å². The third-order valence-corrected chi connectivity index (χ3v) is 4.52. The van der Waals surface area contributed by atoms with Crippen LogP contribution in [0, 0.1) is 21.8 Å². The second-order valence-corrected chi connectivity index (χ2v) is 6.53. The summed E-state index contributed by atoms with van der Waals surface area (Å²) in [4.78, 5) is 35.9. The van der Waals surface area contributed by atoms with Gasteiger partial charge in [0.2, 0.25) is 5.91 Å². The van der Waals surface area contributed by atoms with Crippen molar-refractivity contribution in [1.29, 1.82) is 0 Å². The zero-order valence-corrected chi connectivity index (χ0v) is 15.2. The molecule has 10 heteroatoms. The number of carbonyl (C=O) groups is 2. The molecule has 8 nitrogen and oxygen atoms in total. The van der Waals surface area contributed by atoms with Gasteiger partial charge in [-0.25, -0.2) is 4.39 Å². The standard InChI is InChI=1S/C18H15ClFN3O5/c19-13-6-5-12(7-15(13)23(26)27)21-18(25)11-8-22(9-11)17(24)10-28-16-4-2-1-3-14(16)20/h1-7,11H,8-10H2,(H,21,25). The van der Waals surface area contributed by atoms with Crippen LogP contribution in [0.5, 0.6) is 5.75 Å². The van der Waals surface area contributed by atoms with Gasteiger partial charge in [0.15, 0.2) is 18.2 Å². The number of ether oxygens (including phenoxy) is 1. The molecule has 0 unspecified atom stereocenters. The molecule has 1 saturated heterocycles. The van der Waals surface area contributed by atoms with Crippen LogP contribution in [0.3, 0.4) is 0 Å². The molecule has 28 heavy (non-hydrogen) atoms. The van der Waals surface area contributed by atoms with Crippen LogP contribution in [-0.2, 0) is 9.59 Å². The van der Waals surface area contributed by atoms with Crippen LogP contribution < -0.4 is 10.1 Å². The summed E-state index contributed by atoms with van der Waals surface area (Å²) in [7, 11) is 0. The Bertz CT molecular complexity index is 933. The molecule has 2 aromatic carbocycles. The van der Waals surface area contributed by atoms with Crippen LogP contribution in [0.15, 0.2) is 42.5 Å². The van der Waals surface area contributed by atoms with Crippen LogP contribution in [-0.4, -0.2) is 41.3 Å². The maximum absolute atomic E-state index is 13.5. The van der Waals surface area contributed by atoms with Crippen molar-refractivity contribution in [2.45, 2.75) is 0 Å². The predicted octanol–water partition coefficient (Wildman–Crippen LogP) is 2.86. The number of anilines is 1. The van der Waals surface area contributed by atoms with Gasteiger partial charge in [0.1, 0.15) is 5.02 Å². The van der Waals surface area contributed by atoms with Crippen molar-refractivity contribution in [2.24, 2.45) is 5.92 Å².